The molecule has 1 aromatic rings. The van der Waals surface area contributed by atoms with Crippen molar-refractivity contribution in [2.75, 3.05) is 5.01 Å². The molecule has 3 heteroatoms. The fourth-order valence-electron chi connectivity index (χ4n) is 2.93. The molecule has 3 heterocycles. The van der Waals surface area contributed by atoms with E-state index in [2.05, 4.69) is 59.5 Å². The fraction of sp³-hybridized carbons (Fsp3) is 0.214. The average molecular weight is 223 g/mol. The van der Waals surface area contributed by atoms with E-state index in [0.29, 0.717) is 12.1 Å². The fourth-order valence-corrected chi connectivity index (χ4v) is 2.93. The standard InChI is InChI=1S/C14H13N3/c1-10-11-6-2-3-7-12(11)17-14(10)16-9-5-4-8-13(16)15-17/h2-10,14H,1H3. The first-order valence-electron chi connectivity index (χ1n) is 5.96. The SMILES string of the molecule is CC1c2ccccc2N2N=C3C=CC=CN3C12. The quantitative estimate of drug-likeness (QED) is 0.673. The van der Waals surface area contributed by atoms with Crippen LogP contribution in [0.1, 0.15) is 18.4 Å². The van der Waals surface area contributed by atoms with Gasteiger partial charge in [0.2, 0.25) is 0 Å². The number of benzene rings is 1. The summed E-state index contributed by atoms with van der Waals surface area (Å²) in [6.07, 6.45) is 8.59. The summed E-state index contributed by atoms with van der Waals surface area (Å²) in [5.41, 5.74) is 2.64. The van der Waals surface area contributed by atoms with E-state index >= 15 is 0 Å². The number of para-hydroxylation sites is 1. The highest BCUT2D eigenvalue weighted by Gasteiger charge is 2.44. The van der Waals surface area contributed by atoms with E-state index in [-0.39, 0.29) is 0 Å². The minimum Gasteiger partial charge on any atom is -0.308 e. The molecule has 2 unspecified atom stereocenters. The zero-order valence-corrected chi connectivity index (χ0v) is 9.62. The minimum absolute atomic E-state index is 0.309. The van der Waals surface area contributed by atoms with Crippen LogP contribution in [-0.2, 0) is 0 Å². The Labute approximate surface area is 100 Å². The molecule has 2 atom stereocenters. The van der Waals surface area contributed by atoms with Gasteiger partial charge in [-0.05, 0) is 23.8 Å². The lowest BCUT2D eigenvalue weighted by Gasteiger charge is -2.27. The van der Waals surface area contributed by atoms with Crippen molar-refractivity contribution in [2.24, 2.45) is 5.10 Å². The monoisotopic (exact) mass is 223 g/mol. The van der Waals surface area contributed by atoms with Gasteiger partial charge in [0.15, 0.2) is 5.84 Å². The summed E-state index contributed by atoms with van der Waals surface area (Å²) in [5.74, 6) is 1.52. The summed E-state index contributed by atoms with van der Waals surface area (Å²) < 4.78 is 0. The maximum atomic E-state index is 4.70. The van der Waals surface area contributed by atoms with Crippen LogP contribution in [0, 0.1) is 0 Å². The number of allylic oxidation sites excluding steroid dienone is 2. The van der Waals surface area contributed by atoms with Crippen LogP contribution in [0.3, 0.4) is 0 Å². The third-order valence-electron chi connectivity index (χ3n) is 3.73. The van der Waals surface area contributed by atoms with Gasteiger partial charge in [0.1, 0.15) is 6.17 Å². The van der Waals surface area contributed by atoms with Crippen molar-refractivity contribution in [2.45, 2.75) is 19.0 Å². The van der Waals surface area contributed by atoms with Crippen molar-refractivity contribution in [1.82, 2.24) is 4.90 Å². The van der Waals surface area contributed by atoms with Crippen LogP contribution >= 0.6 is 0 Å². The number of nitrogens with zero attached hydrogens (tertiary/aromatic N) is 3. The lowest BCUT2D eigenvalue weighted by Crippen LogP contribution is -2.38. The molecule has 0 N–H and O–H groups in total. The Hall–Kier alpha value is -2.03. The predicted molar refractivity (Wildman–Crippen MR) is 68.7 cm³/mol. The van der Waals surface area contributed by atoms with Gasteiger partial charge >= 0.3 is 0 Å². The molecule has 0 fully saturated rings. The Balaban J connectivity index is 1.88. The van der Waals surface area contributed by atoms with Crippen LogP contribution in [0.15, 0.2) is 53.8 Å². The summed E-state index contributed by atoms with van der Waals surface area (Å²) in [6, 6.07) is 8.55. The summed E-state index contributed by atoms with van der Waals surface area (Å²) in [6.45, 7) is 2.27. The first kappa shape index (κ1) is 9.05. The van der Waals surface area contributed by atoms with Crippen LogP contribution in [0.5, 0.6) is 0 Å². The van der Waals surface area contributed by atoms with Crippen LogP contribution < -0.4 is 5.01 Å². The third kappa shape index (κ3) is 1.04. The van der Waals surface area contributed by atoms with Crippen LogP contribution in [0.25, 0.3) is 0 Å². The van der Waals surface area contributed by atoms with Crippen molar-refractivity contribution in [3.05, 3.63) is 54.3 Å². The molecular weight excluding hydrogens is 210 g/mol. The number of fused-ring (bicyclic) bond motifs is 5. The Morgan fingerprint density at radius 2 is 2.06 bits per heavy atom. The second-order valence-electron chi connectivity index (χ2n) is 4.67. The maximum Gasteiger partial charge on any atom is 0.154 e. The van der Waals surface area contributed by atoms with E-state index < -0.39 is 0 Å². The van der Waals surface area contributed by atoms with E-state index in [1.165, 1.54) is 11.3 Å². The van der Waals surface area contributed by atoms with Crippen molar-refractivity contribution in [1.29, 1.82) is 0 Å². The molecule has 0 saturated heterocycles. The molecule has 0 aromatic heterocycles. The van der Waals surface area contributed by atoms with Crippen molar-refractivity contribution in [3.8, 4) is 0 Å². The van der Waals surface area contributed by atoms with Gasteiger partial charge in [0.05, 0.1) is 5.69 Å². The summed E-state index contributed by atoms with van der Waals surface area (Å²) in [5, 5.41) is 6.85. The number of amidine groups is 1. The second-order valence-corrected chi connectivity index (χ2v) is 4.67. The molecule has 0 bridgehead atoms. The summed E-state index contributed by atoms with van der Waals surface area (Å²) in [4.78, 5) is 2.25. The number of anilines is 1. The normalized spacial score (nSPS) is 27.9. The van der Waals surface area contributed by atoms with Crippen molar-refractivity contribution < 1.29 is 0 Å². The molecule has 0 radical (unpaired) electrons. The first-order valence-corrected chi connectivity index (χ1v) is 5.96. The van der Waals surface area contributed by atoms with Gasteiger partial charge in [0.25, 0.3) is 0 Å². The topological polar surface area (TPSA) is 18.8 Å². The molecule has 0 amide bonds. The highest BCUT2D eigenvalue weighted by atomic mass is 15.6. The van der Waals surface area contributed by atoms with Gasteiger partial charge in [-0.3, -0.25) is 0 Å². The maximum absolute atomic E-state index is 4.70. The Morgan fingerprint density at radius 1 is 1.18 bits per heavy atom. The van der Waals surface area contributed by atoms with E-state index in [0.717, 1.165) is 5.84 Å². The van der Waals surface area contributed by atoms with Crippen LogP contribution in [0.2, 0.25) is 0 Å². The molecular formula is C14H13N3. The average Bonchev–Trinajstić information content (AvgIpc) is 2.88. The van der Waals surface area contributed by atoms with Gasteiger partial charge in [-0.2, -0.15) is 5.10 Å². The number of hydrazone groups is 1. The van der Waals surface area contributed by atoms with Crippen LogP contribution in [0.4, 0.5) is 5.69 Å². The smallest absolute Gasteiger partial charge is 0.154 e. The predicted octanol–water partition coefficient (Wildman–Crippen LogP) is 2.65. The number of hydrogen-bond acceptors (Lipinski definition) is 3. The zero-order valence-electron chi connectivity index (χ0n) is 9.62. The summed E-state index contributed by atoms with van der Waals surface area (Å²) in [7, 11) is 0. The molecule has 0 saturated carbocycles. The Kier molecular flexibility index (Phi) is 1.60. The van der Waals surface area contributed by atoms with Gasteiger partial charge in [-0.15, -0.1) is 0 Å². The molecule has 17 heavy (non-hydrogen) atoms. The van der Waals surface area contributed by atoms with Crippen molar-refractivity contribution in [3.63, 3.8) is 0 Å². The molecule has 0 spiro atoms. The molecule has 3 aliphatic heterocycles. The lowest BCUT2D eigenvalue weighted by atomic mass is 10.0. The lowest BCUT2D eigenvalue weighted by molar-refractivity contribution is 0.389. The van der Waals surface area contributed by atoms with E-state index in [4.69, 9.17) is 5.10 Å². The molecule has 4 rings (SSSR count). The number of rotatable bonds is 0. The Morgan fingerprint density at radius 3 is 3.00 bits per heavy atom. The largest absolute Gasteiger partial charge is 0.308 e. The van der Waals surface area contributed by atoms with Crippen molar-refractivity contribution >= 4 is 11.5 Å². The molecule has 84 valence electrons. The summed E-state index contributed by atoms with van der Waals surface area (Å²) >= 11 is 0. The molecule has 1 aromatic carbocycles. The zero-order chi connectivity index (χ0) is 11.4. The van der Waals surface area contributed by atoms with Gasteiger partial charge in [0, 0.05) is 12.1 Å². The van der Waals surface area contributed by atoms with E-state index in [9.17, 15) is 0 Å². The van der Waals surface area contributed by atoms with Gasteiger partial charge in [-0.25, -0.2) is 5.01 Å². The minimum atomic E-state index is 0.309. The molecule has 3 nitrogen and oxygen atoms in total. The first-order chi connectivity index (χ1) is 8.36. The second kappa shape index (κ2) is 3.00. The van der Waals surface area contributed by atoms with Crippen LogP contribution in [-0.4, -0.2) is 16.9 Å². The van der Waals surface area contributed by atoms with Gasteiger partial charge in [-0.1, -0.05) is 31.2 Å². The van der Waals surface area contributed by atoms with E-state index in [1.54, 1.807) is 0 Å². The van der Waals surface area contributed by atoms with Gasteiger partial charge < -0.3 is 4.90 Å². The molecule has 0 aliphatic carbocycles. The highest BCUT2D eigenvalue weighted by molar-refractivity contribution is 5.98. The Bertz CT molecular complexity index is 571. The van der Waals surface area contributed by atoms with E-state index in [1.807, 2.05) is 6.08 Å². The highest BCUT2D eigenvalue weighted by Crippen LogP contribution is 2.45. The third-order valence-corrected chi connectivity index (χ3v) is 3.73. The molecule has 3 aliphatic rings. The number of hydrogen-bond donors (Lipinski definition) is 0.